The van der Waals surface area contributed by atoms with Gasteiger partial charge in [-0.3, -0.25) is 0 Å². The average molecular weight is 192 g/mol. The summed E-state index contributed by atoms with van der Waals surface area (Å²) in [5, 5.41) is 9.88. The van der Waals surface area contributed by atoms with E-state index >= 15 is 0 Å². The predicted octanol–water partition coefficient (Wildman–Crippen LogP) is 2.67. The zero-order valence-electron chi connectivity index (χ0n) is 8.44. The molecule has 0 bridgehead atoms. The van der Waals surface area contributed by atoms with Crippen molar-refractivity contribution in [1.82, 2.24) is 0 Å². The first-order valence-corrected chi connectivity index (χ1v) is 5.25. The number of benzene rings is 1. The van der Waals surface area contributed by atoms with Gasteiger partial charge in [0.25, 0.3) is 0 Å². The highest BCUT2D eigenvalue weighted by atomic mass is 16.5. The lowest BCUT2D eigenvalue weighted by atomic mass is 9.97. The molecule has 2 rings (SSSR count). The van der Waals surface area contributed by atoms with Gasteiger partial charge in [-0.15, -0.1) is 0 Å². The number of para-hydroxylation sites is 1. The topological polar surface area (TPSA) is 29.5 Å². The van der Waals surface area contributed by atoms with Gasteiger partial charge in [-0.25, -0.2) is 0 Å². The number of fused-ring (bicyclic) bond motifs is 1. The van der Waals surface area contributed by atoms with Crippen LogP contribution in [0.15, 0.2) is 24.3 Å². The Kier molecular flexibility index (Phi) is 2.73. The van der Waals surface area contributed by atoms with Gasteiger partial charge in [0.15, 0.2) is 0 Å². The van der Waals surface area contributed by atoms with Crippen LogP contribution in [-0.4, -0.2) is 11.2 Å². The molecule has 14 heavy (non-hydrogen) atoms. The molecular formula is C12H16O2. The summed E-state index contributed by atoms with van der Waals surface area (Å²) in [6, 6.07) is 7.74. The first kappa shape index (κ1) is 9.53. The summed E-state index contributed by atoms with van der Waals surface area (Å²) < 4.78 is 5.78. The van der Waals surface area contributed by atoms with Crippen LogP contribution in [0.4, 0.5) is 0 Å². The minimum atomic E-state index is -0.350. The van der Waals surface area contributed by atoms with Crippen molar-refractivity contribution < 1.29 is 9.84 Å². The third-order valence-corrected chi connectivity index (χ3v) is 2.67. The summed E-state index contributed by atoms with van der Waals surface area (Å²) in [6.07, 6.45) is 2.68. The van der Waals surface area contributed by atoms with Crippen molar-refractivity contribution in [2.24, 2.45) is 0 Å². The number of aliphatic hydroxyl groups excluding tert-OH is 1. The van der Waals surface area contributed by atoms with Crippen LogP contribution in [0.3, 0.4) is 0 Å². The van der Waals surface area contributed by atoms with Crippen LogP contribution in [0.2, 0.25) is 0 Å². The molecule has 0 saturated heterocycles. The molecule has 0 aromatic heterocycles. The lowest BCUT2D eigenvalue weighted by molar-refractivity contribution is 0.0615. The summed E-state index contributed by atoms with van der Waals surface area (Å²) in [6.45, 7) is 2.14. The van der Waals surface area contributed by atoms with E-state index in [2.05, 4.69) is 6.92 Å². The van der Waals surface area contributed by atoms with Crippen molar-refractivity contribution in [1.29, 1.82) is 0 Å². The second-order valence-electron chi connectivity index (χ2n) is 3.82. The van der Waals surface area contributed by atoms with Crippen molar-refractivity contribution in [3.63, 3.8) is 0 Å². The Hall–Kier alpha value is -1.02. The van der Waals surface area contributed by atoms with Crippen molar-refractivity contribution in [3.05, 3.63) is 29.8 Å². The summed E-state index contributed by atoms with van der Waals surface area (Å²) in [5.41, 5.74) is 0.930. The number of aliphatic hydroxyl groups is 1. The van der Waals surface area contributed by atoms with Gasteiger partial charge in [-0.2, -0.15) is 0 Å². The first-order valence-electron chi connectivity index (χ1n) is 5.25. The van der Waals surface area contributed by atoms with Crippen LogP contribution in [0, 0.1) is 0 Å². The van der Waals surface area contributed by atoms with Crippen molar-refractivity contribution in [2.45, 2.75) is 38.4 Å². The molecule has 1 aromatic rings. The van der Waals surface area contributed by atoms with E-state index < -0.39 is 0 Å². The zero-order chi connectivity index (χ0) is 9.97. The van der Waals surface area contributed by atoms with Crippen LogP contribution in [-0.2, 0) is 0 Å². The quantitative estimate of drug-likeness (QED) is 0.780. The highest BCUT2D eigenvalue weighted by Gasteiger charge is 2.25. The van der Waals surface area contributed by atoms with Crippen molar-refractivity contribution in [3.8, 4) is 5.75 Å². The molecule has 1 aliphatic heterocycles. The largest absolute Gasteiger partial charge is 0.490 e. The predicted molar refractivity (Wildman–Crippen MR) is 55.3 cm³/mol. The van der Waals surface area contributed by atoms with Gasteiger partial charge < -0.3 is 9.84 Å². The smallest absolute Gasteiger partial charge is 0.125 e. The Morgan fingerprint density at radius 1 is 1.43 bits per heavy atom. The van der Waals surface area contributed by atoms with Crippen LogP contribution in [0.1, 0.15) is 37.9 Å². The van der Waals surface area contributed by atoms with Crippen LogP contribution in [0.25, 0.3) is 0 Å². The molecule has 1 aromatic carbocycles. The van der Waals surface area contributed by atoms with Crippen molar-refractivity contribution in [2.75, 3.05) is 0 Å². The second kappa shape index (κ2) is 4.01. The number of hydrogen-bond acceptors (Lipinski definition) is 2. The molecule has 0 unspecified atom stereocenters. The fourth-order valence-corrected chi connectivity index (χ4v) is 1.97. The molecule has 76 valence electrons. The Bertz CT molecular complexity index is 309. The monoisotopic (exact) mass is 192 g/mol. The summed E-state index contributed by atoms with van der Waals surface area (Å²) >= 11 is 0. The van der Waals surface area contributed by atoms with E-state index in [1.165, 1.54) is 0 Å². The van der Waals surface area contributed by atoms with E-state index in [1.54, 1.807) is 0 Å². The minimum absolute atomic E-state index is 0.185. The highest BCUT2D eigenvalue weighted by Crippen LogP contribution is 2.35. The van der Waals surface area contributed by atoms with E-state index in [1.807, 2.05) is 24.3 Å². The van der Waals surface area contributed by atoms with E-state index in [0.717, 1.165) is 30.6 Å². The lowest BCUT2D eigenvalue weighted by Crippen LogP contribution is -2.25. The molecule has 0 radical (unpaired) electrons. The zero-order valence-corrected chi connectivity index (χ0v) is 8.44. The molecule has 1 aliphatic rings. The van der Waals surface area contributed by atoms with Gasteiger partial charge >= 0.3 is 0 Å². The summed E-state index contributed by atoms with van der Waals surface area (Å²) in [4.78, 5) is 0. The number of ether oxygens (including phenoxy) is 1. The number of hydrogen-bond donors (Lipinski definition) is 1. The second-order valence-corrected chi connectivity index (χ2v) is 3.82. The molecular weight excluding hydrogens is 176 g/mol. The maximum absolute atomic E-state index is 9.88. The van der Waals surface area contributed by atoms with Gasteiger partial charge in [0.05, 0.1) is 6.10 Å². The van der Waals surface area contributed by atoms with Gasteiger partial charge in [-0.05, 0) is 12.5 Å². The highest BCUT2D eigenvalue weighted by molar-refractivity contribution is 5.36. The standard InChI is InChI=1S/C12H16O2/c1-2-5-9-8-11(13)10-6-3-4-7-12(10)14-9/h3-4,6-7,9,11,13H,2,5,8H2,1H3/t9-,11+/m1/s1. The third kappa shape index (κ3) is 1.75. The molecule has 0 fully saturated rings. The molecule has 2 nitrogen and oxygen atoms in total. The fraction of sp³-hybridized carbons (Fsp3) is 0.500. The van der Waals surface area contributed by atoms with E-state index in [9.17, 15) is 5.11 Å². The van der Waals surface area contributed by atoms with Crippen LogP contribution in [0.5, 0.6) is 5.75 Å². The minimum Gasteiger partial charge on any atom is -0.490 e. The Morgan fingerprint density at radius 3 is 3.00 bits per heavy atom. The number of rotatable bonds is 2. The molecule has 0 saturated carbocycles. The Labute approximate surface area is 84.5 Å². The molecule has 0 aliphatic carbocycles. The normalized spacial score (nSPS) is 25.3. The molecule has 0 spiro atoms. The van der Waals surface area contributed by atoms with Gasteiger partial charge in [0.1, 0.15) is 11.9 Å². The van der Waals surface area contributed by atoms with Crippen LogP contribution < -0.4 is 4.74 Å². The van der Waals surface area contributed by atoms with Crippen molar-refractivity contribution >= 4 is 0 Å². The fourth-order valence-electron chi connectivity index (χ4n) is 1.97. The average Bonchev–Trinajstić information content (AvgIpc) is 2.18. The third-order valence-electron chi connectivity index (χ3n) is 2.67. The maximum atomic E-state index is 9.88. The Balaban J connectivity index is 2.20. The SMILES string of the molecule is CCC[C@@H]1C[C@H](O)c2ccccc2O1. The summed E-state index contributed by atoms with van der Waals surface area (Å²) in [7, 11) is 0. The van der Waals surface area contributed by atoms with E-state index in [4.69, 9.17) is 4.74 Å². The molecule has 2 heteroatoms. The molecule has 1 N–H and O–H groups in total. The summed E-state index contributed by atoms with van der Waals surface area (Å²) in [5.74, 6) is 0.852. The maximum Gasteiger partial charge on any atom is 0.125 e. The van der Waals surface area contributed by atoms with Gasteiger partial charge in [0, 0.05) is 12.0 Å². The molecule has 1 heterocycles. The van der Waals surface area contributed by atoms with E-state index in [-0.39, 0.29) is 12.2 Å². The van der Waals surface area contributed by atoms with Gasteiger partial charge in [0.2, 0.25) is 0 Å². The van der Waals surface area contributed by atoms with Crippen LogP contribution >= 0.6 is 0 Å². The Morgan fingerprint density at radius 2 is 2.21 bits per heavy atom. The van der Waals surface area contributed by atoms with Gasteiger partial charge in [-0.1, -0.05) is 31.5 Å². The van der Waals surface area contributed by atoms with E-state index in [0.29, 0.717) is 0 Å². The molecule has 2 atom stereocenters. The first-order chi connectivity index (χ1) is 6.81. The lowest BCUT2D eigenvalue weighted by Gasteiger charge is -2.29. The molecule has 0 amide bonds.